The first-order valence-electron chi connectivity index (χ1n) is 4.21. The molecule has 0 fully saturated rings. The monoisotopic (exact) mass is 222 g/mol. The molecule has 0 saturated carbocycles. The predicted molar refractivity (Wildman–Crippen MR) is 51.7 cm³/mol. The van der Waals surface area contributed by atoms with Crippen molar-refractivity contribution in [2.75, 3.05) is 5.33 Å². The third-order valence-electron chi connectivity index (χ3n) is 1.55. The van der Waals surface area contributed by atoms with Crippen molar-refractivity contribution in [2.24, 2.45) is 0 Å². The van der Waals surface area contributed by atoms with E-state index in [-0.39, 0.29) is 5.83 Å². The van der Waals surface area contributed by atoms with Crippen molar-refractivity contribution in [2.45, 2.75) is 39.0 Å². The van der Waals surface area contributed by atoms with Crippen molar-refractivity contribution in [1.82, 2.24) is 0 Å². The number of hydrogen-bond donors (Lipinski definition) is 0. The van der Waals surface area contributed by atoms with Crippen molar-refractivity contribution in [3.05, 3.63) is 11.9 Å². The van der Waals surface area contributed by atoms with Gasteiger partial charge in [-0.25, -0.2) is 4.39 Å². The second kappa shape index (κ2) is 8.25. The predicted octanol–water partition coefficient (Wildman–Crippen LogP) is 4.21. The molecule has 0 radical (unpaired) electrons. The van der Waals surface area contributed by atoms with E-state index < -0.39 is 0 Å². The number of allylic oxidation sites excluding steroid dienone is 2. The van der Waals surface area contributed by atoms with E-state index in [9.17, 15) is 4.39 Å². The van der Waals surface area contributed by atoms with E-state index in [0.29, 0.717) is 5.33 Å². The normalized spacial score (nSPS) is 12.1. The summed E-state index contributed by atoms with van der Waals surface area (Å²) in [7, 11) is 0. The van der Waals surface area contributed by atoms with Crippen LogP contribution in [0.2, 0.25) is 0 Å². The summed E-state index contributed by atoms with van der Waals surface area (Å²) in [5, 5.41) is 0.362. The van der Waals surface area contributed by atoms with Crippen molar-refractivity contribution < 1.29 is 4.39 Å². The second-order valence-electron chi connectivity index (χ2n) is 2.63. The lowest BCUT2D eigenvalue weighted by molar-refractivity contribution is 0.625. The zero-order chi connectivity index (χ0) is 8.53. The number of unbranched alkanes of at least 4 members (excludes halogenated alkanes) is 4. The molecule has 0 spiro atoms. The van der Waals surface area contributed by atoms with Crippen LogP contribution in [0.25, 0.3) is 0 Å². The Labute approximate surface area is 77.0 Å². The summed E-state index contributed by atoms with van der Waals surface area (Å²) in [5.41, 5.74) is 0. The lowest BCUT2D eigenvalue weighted by atomic mass is 10.1. The Balaban J connectivity index is 3.12. The number of halogens is 2. The minimum absolute atomic E-state index is 0.0403. The summed E-state index contributed by atoms with van der Waals surface area (Å²) in [6.45, 7) is 2.18. The van der Waals surface area contributed by atoms with Crippen LogP contribution < -0.4 is 0 Å². The molecule has 0 bridgehead atoms. The van der Waals surface area contributed by atoms with Crippen LogP contribution in [0, 0.1) is 0 Å². The van der Waals surface area contributed by atoms with Gasteiger partial charge in [-0.3, -0.25) is 0 Å². The zero-order valence-corrected chi connectivity index (χ0v) is 8.66. The molecule has 0 unspecified atom stereocenters. The highest BCUT2D eigenvalue weighted by Gasteiger charge is 1.89. The Kier molecular flexibility index (Phi) is 8.36. The van der Waals surface area contributed by atoms with Gasteiger partial charge in [-0.2, -0.15) is 0 Å². The molecule has 0 saturated heterocycles. The first kappa shape index (κ1) is 11.2. The SMILES string of the molecule is CCCCCC/C=C(/F)CBr. The fraction of sp³-hybridized carbons (Fsp3) is 0.778. The molecule has 0 aliphatic rings. The maximum absolute atomic E-state index is 12.5. The fourth-order valence-corrected chi connectivity index (χ4v) is 1.11. The van der Waals surface area contributed by atoms with Crippen LogP contribution in [-0.2, 0) is 0 Å². The molecule has 0 atom stereocenters. The van der Waals surface area contributed by atoms with E-state index in [1.165, 1.54) is 19.3 Å². The Morgan fingerprint density at radius 1 is 1.36 bits per heavy atom. The molecule has 0 aliphatic carbocycles. The molecule has 0 rings (SSSR count). The first-order valence-corrected chi connectivity index (χ1v) is 5.34. The van der Waals surface area contributed by atoms with E-state index in [1.54, 1.807) is 6.08 Å². The average Bonchev–Trinajstić information content (AvgIpc) is 2.04. The quantitative estimate of drug-likeness (QED) is 0.467. The molecule has 66 valence electrons. The van der Waals surface area contributed by atoms with Gasteiger partial charge in [-0.05, 0) is 12.8 Å². The molecular formula is C9H16BrF. The van der Waals surface area contributed by atoms with E-state index >= 15 is 0 Å². The third kappa shape index (κ3) is 8.05. The van der Waals surface area contributed by atoms with Crippen molar-refractivity contribution in [3.63, 3.8) is 0 Å². The van der Waals surface area contributed by atoms with Gasteiger partial charge in [0.25, 0.3) is 0 Å². The Hall–Kier alpha value is 0.150. The van der Waals surface area contributed by atoms with Crippen LogP contribution in [0.3, 0.4) is 0 Å². The minimum atomic E-state index is -0.0403. The van der Waals surface area contributed by atoms with Gasteiger partial charge in [0.1, 0.15) is 5.83 Å². The molecular weight excluding hydrogens is 207 g/mol. The highest BCUT2D eigenvalue weighted by Crippen LogP contribution is 2.07. The highest BCUT2D eigenvalue weighted by atomic mass is 79.9. The Morgan fingerprint density at radius 3 is 2.64 bits per heavy atom. The van der Waals surface area contributed by atoms with E-state index in [0.717, 1.165) is 12.8 Å². The summed E-state index contributed by atoms with van der Waals surface area (Å²) < 4.78 is 12.5. The summed E-state index contributed by atoms with van der Waals surface area (Å²) in [5.74, 6) is -0.0403. The van der Waals surface area contributed by atoms with Crippen molar-refractivity contribution in [3.8, 4) is 0 Å². The van der Waals surface area contributed by atoms with Gasteiger partial charge in [-0.1, -0.05) is 48.2 Å². The van der Waals surface area contributed by atoms with E-state index in [1.807, 2.05) is 0 Å². The lowest BCUT2D eigenvalue weighted by Crippen LogP contribution is -1.77. The van der Waals surface area contributed by atoms with Crippen LogP contribution in [0.15, 0.2) is 11.9 Å². The Bertz CT molecular complexity index is 110. The van der Waals surface area contributed by atoms with Gasteiger partial charge in [0, 0.05) is 0 Å². The highest BCUT2D eigenvalue weighted by molar-refractivity contribution is 9.09. The van der Waals surface area contributed by atoms with Gasteiger partial charge in [-0.15, -0.1) is 0 Å². The van der Waals surface area contributed by atoms with Gasteiger partial charge in [0.05, 0.1) is 5.33 Å². The van der Waals surface area contributed by atoms with Crippen LogP contribution in [0.5, 0.6) is 0 Å². The topological polar surface area (TPSA) is 0 Å². The molecule has 0 heterocycles. The summed E-state index contributed by atoms with van der Waals surface area (Å²) in [6, 6.07) is 0. The van der Waals surface area contributed by atoms with E-state index in [4.69, 9.17) is 0 Å². The summed E-state index contributed by atoms with van der Waals surface area (Å²) in [4.78, 5) is 0. The molecule has 2 heteroatoms. The summed E-state index contributed by atoms with van der Waals surface area (Å²) >= 11 is 3.05. The Morgan fingerprint density at radius 2 is 2.09 bits per heavy atom. The fourth-order valence-electron chi connectivity index (χ4n) is 0.884. The van der Waals surface area contributed by atoms with Gasteiger partial charge in [0.2, 0.25) is 0 Å². The summed E-state index contributed by atoms with van der Waals surface area (Å²) in [6.07, 6.45) is 7.41. The molecule has 0 aromatic heterocycles. The largest absolute Gasteiger partial charge is 0.211 e. The number of alkyl halides is 1. The molecule has 0 aromatic carbocycles. The molecule has 0 amide bonds. The maximum atomic E-state index is 12.5. The standard InChI is InChI=1S/C9H16BrF/c1-2-3-4-5-6-7-9(11)8-10/h7H,2-6,8H2,1H3/b9-7+. The zero-order valence-electron chi connectivity index (χ0n) is 7.08. The lowest BCUT2D eigenvalue weighted by Gasteiger charge is -1.94. The van der Waals surface area contributed by atoms with E-state index in [2.05, 4.69) is 22.9 Å². The van der Waals surface area contributed by atoms with Gasteiger partial charge in [0.15, 0.2) is 0 Å². The molecule has 11 heavy (non-hydrogen) atoms. The van der Waals surface area contributed by atoms with Gasteiger partial charge < -0.3 is 0 Å². The third-order valence-corrected chi connectivity index (χ3v) is 2.09. The van der Waals surface area contributed by atoms with Crippen molar-refractivity contribution in [1.29, 1.82) is 0 Å². The number of hydrogen-bond acceptors (Lipinski definition) is 0. The molecule has 0 aliphatic heterocycles. The van der Waals surface area contributed by atoms with Crippen LogP contribution >= 0.6 is 15.9 Å². The second-order valence-corrected chi connectivity index (χ2v) is 3.19. The minimum Gasteiger partial charge on any atom is -0.211 e. The molecule has 0 N–H and O–H groups in total. The smallest absolute Gasteiger partial charge is 0.106 e. The number of rotatable bonds is 6. The van der Waals surface area contributed by atoms with Crippen LogP contribution in [0.4, 0.5) is 4.39 Å². The van der Waals surface area contributed by atoms with Crippen LogP contribution in [0.1, 0.15) is 39.0 Å². The van der Waals surface area contributed by atoms with Crippen molar-refractivity contribution >= 4 is 15.9 Å². The maximum Gasteiger partial charge on any atom is 0.106 e. The van der Waals surface area contributed by atoms with Gasteiger partial charge >= 0.3 is 0 Å². The first-order chi connectivity index (χ1) is 5.31. The van der Waals surface area contributed by atoms with Crippen LogP contribution in [-0.4, -0.2) is 5.33 Å². The molecule has 0 aromatic rings. The average molecular weight is 223 g/mol. The molecule has 0 nitrogen and oxygen atoms in total.